The van der Waals surface area contributed by atoms with E-state index < -0.39 is 0 Å². The van der Waals surface area contributed by atoms with Gasteiger partial charge in [-0.1, -0.05) is 6.92 Å². The van der Waals surface area contributed by atoms with Crippen LogP contribution in [0.5, 0.6) is 0 Å². The highest BCUT2D eigenvalue weighted by molar-refractivity contribution is 5.92. The smallest absolute Gasteiger partial charge is 0.268 e. The Kier molecular flexibility index (Phi) is 3.27. The molecule has 0 unspecified atom stereocenters. The quantitative estimate of drug-likeness (QED) is 0.841. The Morgan fingerprint density at radius 1 is 1.65 bits per heavy atom. The normalized spacial score (nSPS) is 12.4. The molecule has 5 nitrogen and oxygen atoms in total. The Bertz CT molecular complexity index is 486. The van der Waals surface area contributed by atoms with Gasteiger partial charge in [0.2, 0.25) is 0 Å². The molecule has 0 aromatic carbocycles. The molecule has 2 N–H and O–H groups in total. The SMILES string of the molecule is CC[C@H](NC(=O)c1ccc[nH]1)c1cnn(C)c1. The molecule has 0 bridgehead atoms. The van der Waals surface area contributed by atoms with Crippen molar-refractivity contribution in [3.8, 4) is 0 Å². The predicted octanol–water partition coefficient (Wildman–Crippen LogP) is 1.63. The monoisotopic (exact) mass is 232 g/mol. The Morgan fingerprint density at radius 3 is 3.00 bits per heavy atom. The highest BCUT2D eigenvalue weighted by Gasteiger charge is 2.15. The van der Waals surface area contributed by atoms with Gasteiger partial charge in [0.15, 0.2) is 0 Å². The number of carbonyl (C=O) groups excluding carboxylic acids is 1. The van der Waals surface area contributed by atoms with Gasteiger partial charge in [0.05, 0.1) is 12.2 Å². The highest BCUT2D eigenvalue weighted by atomic mass is 16.1. The number of hydrogen-bond acceptors (Lipinski definition) is 2. The maximum Gasteiger partial charge on any atom is 0.268 e. The van der Waals surface area contributed by atoms with Crippen molar-refractivity contribution in [1.29, 1.82) is 0 Å². The van der Waals surface area contributed by atoms with Crippen LogP contribution in [0.15, 0.2) is 30.7 Å². The zero-order valence-corrected chi connectivity index (χ0v) is 9.97. The molecule has 0 aliphatic heterocycles. The van der Waals surface area contributed by atoms with Gasteiger partial charge < -0.3 is 10.3 Å². The summed E-state index contributed by atoms with van der Waals surface area (Å²) in [5.41, 5.74) is 1.60. The summed E-state index contributed by atoms with van der Waals surface area (Å²) >= 11 is 0. The standard InChI is InChI=1S/C12H16N4O/c1-3-10(9-7-14-16(2)8-9)15-12(17)11-5-4-6-13-11/h4-8,10,13H,3H2,1-2H3,(H,15,17)/t10-/m0/s1. The molecule has 0 aliphatic carbocycles. The molecule has 0 saturated heterocycles. The number of carbonyl (C=O) groups is 1. The minimum Gasteiger partial charge on any atom is -0.357 e. The molecule has 1 atom stereocenters. The van der Waals surface area contributed by atoms with Crippen molar-refractivity contribution in [2.45, 2.75) is 19.4 Å². The average molecular weight is 232 g/mol. The summed E-state index contributed by atoms with van der Waals surface area (Å²) < 4.78 is 1.73. The van der Waals surface area contributed by atoms with Crippen LogP contribution in [-0.2, 0) is 7.05 Å². The lowest BCUT2D eigenvalue weighted by Gasteiger charge is -2.14. The van der Waals surface area contributed by atoms with Crippen molar-refractivity contribution >= 4 is 5.91 Å². The summed E-state index contributed by atoms with van der Waals surface area (Å²) in [7, 11) is 1.86. The molecule has 2 rings (SSSR count). The first kappa shape index (κ1) is 11.4. The van der Waals surface area contributed by atoms with E-state index >= 15 is 0 Å². The fourth-order valence-corrected chi connectivity index (χ4v) is 1.75. The Labute approximate surface area is 99.8 Å². The van der Waals surface area contributed by atoms with E-state index in [4.69, 9.17) is 0 Å². The van der Waals surface area contributed by atoms with Crippen LogP contribution in [0.25, 0.3) is 0 Å². The molecule has 0 aliphatic rings. The summed E-state index contributed by atoms with van der Waals surface area (Å²) in [5, 5.41) is 7.09. The Hall–Kier alpha value is -2.04. The molecule has 90 valence electrons. The van der Waals surface area contributed by atoms with Gasteiger partial charge in [-0.05, 0) is 18.6 Å². The van der Waals surface area contributed by atoms with Crippen LogP contribution in [0.2, 0.25) is 0 Å². The van der Waals surface area contributed by atoms with E-state index in [2.05, 4.69) is 15.4 Å². The van der Waals surface area contributed by atoms with Crippen molar-refractivity contribution in [2.24, 2.45) is 7.05 Å². The Morgan fingerprint density at radius 2 is 2.47 bits per heavy atom. The molecule has 2 aromatic heterocycles. The molecule has 0 radical (unpaired) electrons. The molecule has 0 spiro atoms. The molecule has 5 heteroatoms. The van der Waals surface area contributed by atoms with Crippen LogP contribution in [-0.4, -0.2) is 20.7 Å². The maximum atomic E-state index is 11.9. The van der Waals surface area contributed by atoms with Crippen molar-refractivity contribution < 1.29 is 4.79 Å². The van der Waals surface area contributed by atoms with Gasteiger partial charge in [-0.15, -0.1) is 0 Å². The van der Waals surface area contributed by atoms with Crippen LogP contribution in [0.4, 0.5) is 0 Å². The van der Waals surface area contributed by atoms with Gasteiger partial charge in [0.1, 0.15) is 5.69 Å². The van der Waals surface area contributed by atoms with E-state index in [0.717, 1.165) is 12.0 Å². The van der Waals surface area contributed by atoms with E-state index in [9.17, 15) is 4.79 Å². The van der Waals surface area contributed by atoms with Crippen molar-refractivity contribution in [3.63, 3.8) is 0 Å². The maximum absolute atomic E-state index is 11.9. The van der Waals surface area contributed by atoms with Crippen LogP contribution in [0.1, 0.15) is 35.4 Å². The molecule has 0 saturated carbocycles. The lowest BCUT2D eigenvalue weighted by Crippen LogP contribution is -2.28. The third-order valence-corrected chi connectivity index (χ3v) is 2.68. The summed E-state index contributed by atoms with van der Waals surface area (Å²) in [6.07, 6.45) is 6.27. The number of aromatic nitrogens is 3. The van der Waals surface area contributed by atoms with Gasteiger partial charge in [-0.3, -0.25) is 9.48 Å². The summed E-state index contributed by atoms with van der Waals surface area (Å²) in [6, 6.07) is 3.56. The van der Waals surface area contributed by atoms with Gasteiger partial charge >= 0.3 is 0 Å². The highest BCUT2D eigenvalue weighted by Crippen LogP contribution is 2.15. The van der Waals surface area contributed by atoms with E-state index in [1.54, 1.807) is 29.2 Å². The number of aryl methyl sites for hydroxylation is 1. The molecule has 17 heavy (non-hydrogen) atoms. The first-order valence-electron chi connectivity index (χ1n) is 5.63. The molecular formula is C12H16N4O. The lowest BCUT2D eigenvalue weighted by atomic mass is 10.1. The number of nitrogens with zero attached hydrogens (tertiary/aromatic N) is 2. The number of nitrogens with one attached hydrogen (secondary N) is 2. The van der Waals surface area contributed by atoms with Crippen LogP contribution in [0.3, 0.4) is 0 Å². The van der Waals surface area contributed by atoms with E-state index in [-0.39, 0.29) is 11.9 Å². The topological polar surface area (TPSA) is 62.7 Å². The third kappa shape index (κ3) is 2.55. The molecule has 1 amide bonds. The zero-order valence-electron chi connectivity index (χ0n) is 9.97. The van der Waals surface area contributed by atoms with Crippen molar-refractivity contribution in [1.82, 2.24) is 20.1 Å². The van der Waals surface area contributed by atoms with Gasteiger partial charge in [-0.25, -0.2) is 0 Å². The van der Waals surface area contributed by atoms with Gasteiger partial charge in [-0.2, -0.15) is 5.10 Å². The summed E-state index contributed by atoms with van der Waals surface area (Å²) in [5.74, 6) is -0.0919. The first-order valence-corrected chi connectivity index (χ1v) is 5.63. The third-order valence-electron chi connectivity index (χ3n) is 2.68. The summed E-state index contributed by atoms with van der Waals surface area (Å²) in [6.45, 7) is 2.03. The molecule has 2 aromatic rings. The fraction of sp³-hybridized carbons (Fsp3) is 0.333. The van der Waals surface area contributed by atoms with Gasteiger partial charge in [0, 0.05) is 25.0 Å². The van der Waals surface area contributed by atoms with Crippen LogP contribution in [0, 0.1) is 0 Å². The van der Waals surface area contributed by atoms with Crippen LogP contribution < -0.4 is 5.32 Å². The Balaban J connectivity index is 2.08. The van der Waals surface area contributed by atoms with Crippen molar-refractivity contribution in [3.05, 3.63) is 42.0 Å². The zero-order chi connectivity index (χ0) is 12.3. The van der Waals surface area contributed by atoms with Gasteiger partial charge in [0.25, 0.3) is 5.91 Å². The van der Waals surface area contributed by atoms with E-state index in [1.165, 1.54) is 0 Å². The molecular weight excluding hydrogens is 216 g/mol. The average Bonchev–Trinajstić information content (AvgIpc) is 2.96. The second-order valence-electron chi connectivity index (χ2n) is 3.97. The molecule has 0 fully saturated rings. The van der Waals surface area contributed by atoms with Crippen LogP contribution >= 0.6 is 0 Å². The van der Waals surface area contributed by atoms with E-state index in [1.807, 2.05) is 20.2 Å². The first-order chi connectivity index (χ1) is 8.20. The van der Waals surface area contributed by atoms with E-state index in [0.29, 0.717) is 5.69 Å². The second-order valence-corrected chi connectivity index (χ2v) is 3.97. The largest absolute Gasteiger partial charge is 0.357 e. The number of aromatic amines is 1. The second kappa shape index (κ2) is 4.86. The van der Waals surface area contributed by atoms with Crippen molar-refractivity contribution in [2.75, 3.05) is 0 Å². The number of amides is 1. The predicted molar refractivity (Wildman–Crippen MR) is 64.5 cm³/mol. The minimum atomic E-state index is -0.0919. The molecule has 2 heterocycles. The number of hydrogen-bond donors (Lipinski definition) is 2. The number of rotatable bonds is 4. The number of H-pyrrole nitrogens is 1. The summed E-state index contributed by atoms with van der Waals surface area (Å²) in [4.78, 5) is 14.8. The minimum absolute atomic E-state index is 0.000463. The lowest BCUT2D eigenvalue weighted by molar-refractivity contribution is 0.0931. The fourth-order valence-electron chi connectivity index (χ4n) is 1.75.